The highest BCUT2D eigenvalue weighted by Gasteiger charge is 2.91. The van der Waals surface area contributed by atoms with E-state index in [-0.39, 0.29) is 27.9 Å². The summed E-state index contributed by atoms with van der Waals surface area (Å²) in [5.74, 6) is 0.864. The van der Waals surface area contributed by atoms with Gasteiger partial charge in [-0.3, -0.25) is 4.79 Å². The molecule has 3 aromatic carbocycles. The number of carbonyl (C=O) groups excluding carboxylic acids is 1. The number of Topliss-reactive ketones (excluding diaryl/α,β-unsaturated/α-hetero) is 1. The fourth-order valence-electron chi connectivity index (χ4n) is 7.15. The number of hydrogen-bond donors (Lipinski definition) is 0. The van der Waals surface area contributed by atoms with Gasteiger partial charge in [0, 0.05) is 21.8 Å². The van der Waals surface area contributed by atoms with Crippen LogP contribution in [0.2, 0.25) is 0 Å². The predicted octanol–water partition coefficient (Wildman–Crippen LogP) is 5.25. The van der Waals surface area contributed by atoms with Gasteiger partial charge in [0.15, 0.2) is 5.78 Å². The lowest BCUT2D eigenvalue weighted by atomic mass is 9.66. The summed E-state index contributed by atoms with van der Waals surface area (Å²) in [6, 6.07) is 25.4. The molecule has 0 spiro atoms. The fourth-order valence-corrected chi connectivity index (χ4v) is 7.15. The van der Waals surface area contributed by atoms with Crippen LogP contribution in [0.1, 0.15) is 52.4 Å². The first-order valence-corrected chi connectivity index (χ1v) is 9.91. The molecule has 0 aliphatic heterocycles. The van der Waals surface area contributed by atoms with Crippen molar-refractivity contribution in [3.05, 3.63) is 101 Å². The Morgan fingerprint density at radius 1 is 0.857 bits per heavy atom. The highest BCUT2D eigenvalue weighted by atomic mass is 16.5. The number of hydrogen-bond acceptors (Lipinski definition) is 2. The van der Waals surface area contributed by atoms with Crippen LogP contribution >= 0.6 is 0 Å². The molecule has 28 heavy (non-hydrogen) atoms. The van der Waals surface area contributed by atoms with Gasteiger partial charge in [-0.2, -0.15) is 0 Å². The molecule has 2 heteroatoms. The summed E-state index contributed by atoms with van der Waals surface area (Å²) in [7, 11) is 1.66. The van der Waals surface area contributed by atoms with Crippen molar-refractivity contribution in [1.29, 1.82) is 0 Å². The van der Waals surface area contributed by atoms with Gasteiger partial charge in [0.2, 0.25) is 0 Å². The molecule has 6 rings (SSSR count). The number of fused-ring (bicyclic) bond motifs is 6. The van der Waals surface area contributed by atoms with E-state index in [9.17, 15) is 4.79 Å². The summed E-state index contributed by atoms with van der Waals surface area (Å²) in [5.41, 5.74) is 5.35. The standard InChI is InChI=1S/C26H22O2/c1-24-20-14-13-17(28-3)15-19(20)23(27)22-18-11-7-8-12-21(18)26(24,25(22,24)2)16-9-5-4-6-10-16/h4-15,22H,1-3H3/t22-,24?,25-,26?/m0/s1. The van der Waals surface area contributed by atoms with Crippen LogP contribution in [0.15, 0.2) is 72.8 Å². The van der Waals surface area contributed by atoms with Crippen molar-refractivity contribution in [2.24, 2.45) is 5.41 Å². The molecule has 3 aromatic rings. The molecule has 0 radical (unpaired) electrons. The minimum atomic E-state index is -0.183. The molecular weight excluding hydrogens is 344 g/mol. The van der Waals surface area contributed by atoms with Gasteiger partial charge in [-0.15, -0.1) is 0 Å². The van der Waals surface area contributed by atoms with Crippen LogP contribution in [0.3, 0.4) is 0 Å². The summed E-state index contributed by atoms with van der Waals surface area (Å²) in [6.45, 7) is 4.69. The van der Waals surface area contributed by atoms with E-state index in [0.29, 0.717) is 0 Å². The average molecular weight is 366 g/mol. The third-order valence-corrected chi connectivity index (χ3v) is 8.26. The van der Waals surface area contributed by atoms with Crippen LogP contribution in [0.5, 0.6) is 5.75 Å². The molecule has 138 valence electrons. The molecule has 2 nitrogen and oxygen atoms in total. The average Bonchev–Trinajstić information content (AvgIpc) is 3.06. The van der Waals surface area contributed by atoms with Gasteiger partial charge in [-0.05, 0) is 34.4 Å². The molecule has 0 bridgehead atoms. The molecule has 0 aromatic heterocycles. The van der Waals surface area contributed by atoms with E-state index in [1.54, 1.807) is 7.11 Å². The van der Waals surface area contributed by atoms with E-state index in [0.717, 1.165) is 16.9 Å². The topological polar surface area (TPSA) is 26.3 Å². The Balaban J connectivity index is 1.76. The second-order valence-corrected chi connectivity index (χ2v) is 8.74. The Morgan fingerprint density at radius 3 is 2.32 bits per heavy atom. The number of ether oxygens (including phenoxy) is 1. The second kappa shape index (κ2) is 4.75. The van der Waals surface area contributed by atoms with Crippen molar-refractivity contribution >= 4 is 5.78 Å². The summed E-state index contributed by atoms with van der Waals surface area (Å²) < 4.78 is 5.44. The molecule has 4 atom stereocenters. The Labute approximate surface area is 165 Å². The summed E-state index contributed by atoms with van der Waals surface area (Å²) in [5, 5.41) is 0. The van der Waals surface area contributed by atoms with Crippen molar-refractivity contribution in [3.8, 4) is 5.75 Å². The van der Waals surface area contributed by atoms with Crippen molar-refractivity contribution in [1.82, 2.24) is 0 Å². The lowest BCUT2D eigenvalue weighted by Crippen LogP contribution is -2.34. The predicted molar refractivity (Wildman–Crippen MR) is 109 cm³/mol. The van der Waals surface area contributed by atoms with Gasteiger partial charge >= 0.3 is 0 Å². The third kappa shape index (κ3) is 1.33. The quantitative estimate of drug-likeness (QED) is 0.619. The first kappa shape index (κ1) is 16.1. The van der Waals surface area contributed by atoms with Crippen LogP contribution in [0.4, 0.5) is 0 Å². The third-order valence-electron chi connectivity index (χ3n) is 8.26. The maximum Gasteiger partial charge on any atom is 0.171 e. The van der Waals surface area contributed by atoms with Crippen molar-refractivity contribution < 1.29 is 9.53 Å². The number of benzene rings is 3. The molecule has 0 N–H and O–H groups in total. The number of methoxy groups -OCH3 is 1. The smallest absolute Gasteiger partial charge is 0.171 e. The molecule has 1 fully saturated rings. The minimum Gasteiger partial charge on any atom is -0.497 e. The lowest BCUT2D eigenvalue weighted by molar-refractivity contribution is 0.0903. The second-order valence-electron chi connectivity index (χ2n) is 8.74. The Hall–Kier alpha value is -2.87. The zero-order valence-electron chi connectivity index (χ0n) is 16.3. The zero-order valence-corrected chi connectivity index (χ0v) is 16.3. The maximum atomic E-state index is 13.8. The van der Waals surface area contributed by atoms with Crippen LogP contribution in [0.25, 0.3) is 0 Å². The Morgan fingerprint density at radius 2 is 1.57 bits per heavy atom. The van der Waals surface area contributed by atoms with E-state index < -0.39 is 0 Å². The van der Waals surface area contributed by atoms with Gasteiger partial charge in [-0.25, -0.2) is 0 Å². The highest BCUT2D eigenvalue weighted by Crippen LogP contribution is 2.90. The van der Waals surface area contributed by atoms with E-state index in [1.807, 2.05) is 12.1 Å². The largest absolute Gasteiger partial charge is 0.497 e. The van der Waals surface area contributed by atoms with Gasteiger partial charge in [0.25, 0.3) is 0 Å². The van der Waals surface area contributed by atoms with Crippen LogP contribution in [-0.4, -0.2) is 12.9 Å². The minimum absolute atomic E-state index is 0.117. The van der Waals surface area contributed by atoms with Gasteiger partial charge < -0.3 is 4.74 Å². The maximum absolute atomic E-state index is 13.8. The first-order valence-electron chi connectivity index (χ1n) is 9.91. The zero-order chi connectivity index (χ0) is 19.3. The van der Waals surface area contributed by atoms with Gasteiger partial charge in [-0.1, -0.05) is 74.5 Å². The first-order chi connectivity index (χ1) is 13.5. The highest BCUT2D eigenvalue weighted by molar-refractivity contribution is 6.09. The monoisotopic (exact) mass is 366 g/mol. The van der Waals surface area contributed by atoms with Crippen LogP contribution in [-0.2, 0) is 10.8 Å². The number of rotatable bonds is 2. The van der Waals surface area contributed by atoms with Crippen molar-refractivity contribution in [2.75, 3.05) is 7.11 Å². The van der Waals surface area contributed by atoms with E-state index >= 15 is 0 Å². The summed E-state index contributed by atoms with van der Waals surface area (Å²) >= 11 is 0. The van der Waals surface area contributed by atoms with E-state index in [1.165, 1.54) is 16.7 Å². The number of carbonyl (C=O) groups is 1. The molecule has 0 saturated heterocycles. The van der Waals surface area contributed by atoms with E-state index in [2.05, 4.69) is 74.5 Å². The SMILES string of the molecule is COc1ccc2c(c1)C(=O)[C@@H]1c3ccccc3C3(c4ccccc4)C2(C)[C@]13C. The van der Waals surface area contributed by atoms with Gasteiger partial charge in [0.05, 0.1) is 13.0 Å². The molecule has 0 heterocycles. The number of ketones is 1. The van der Waals surface area contributed by atoms with Crippen molar-refractivity contribution in [3.63, 3.8) is 0 Å². The lowest BCUT2D eigenvalue weighted by Gasteiger charge is -2.35. The van der Waals surface area contributed by atoms with Crippen molar-refractivity contribution in [2.45, 2.75) is 30.6 Å². The summed E-state index contributed by atoms with van der Waals surface area (Å²) in [6.07, 6.45) is 0. The molecule has 2 unspecified atom stereocenters. The fraction of sp³-hybridized carbons (Fsp3) is 0.269. The van der Waals surface area contributed by atoms with E-state index in [4.69, 9.17) is 4.74 Å². The Kier molecular flexibility index (Phi) is 2.73. The molecule has 3 aliphatic rings. The Bertz CT molecular complexity index is 1160. The van der Waals surface area contributed by atoms with Crippen LogP contribution < -0.4 is 4.74 Å². The summed E-state index contributed by atoms with van der Waals surface area (Å²) in [4.78, 5) is 13.8. The normalized spacial score (nSPS) is 33.7. The van der Waals surface area contributed by atoms with Gasteiger partial charge in [0.1, 0.15) is 5.75 Å². The molecule has 3 aliphatic carbocycles. The van der Waals surface area contributed by atoms with Crippen LogP contribution in [0, 0.1) is 5.41 Å². The molecular formula is C26H22O2. The molecule has 1 saturated carbocycles. The molecule has 0 amide bonds.